The summed E-state index contributed by atoms with van der Waals surface area (Å²) >= 11 is 5.47. The second-order valence-electron chi connectivity index (χ2n) is 8.88. The van der Waals surface area contributed by atoms with Gasteiger partial charge in [0.1, 0.15) is 35.0 Å². The fourth-order valence-corrected chi connectivity index (χ4v) is 4.03. The van der Waals surface area contributed by atoms with Crippen molar-refractivity contribution >= 4 is 57.6 Å². The van der Waals surface area contributed by atoms with Gasteiger partial charge in [-0.1, -0.05) is 11.6 Å². The normalized spacial score (nSPS) is 10.4. The molecule has 7 N–H and O–H groups in total. The summed E-state index contributed by atoms with van der Waals surface area (Å²) in [4.78, 5) is 41.8. The maximum absolute atomic E-state index is 14.4. The molecule has 4 heterocycles. The fraction of sp³-hybridized carbons (Fsp3) is 0.0714. The third kappa shape index (κ3) is 6.65. The molecule has 0 atom stereocenters. The molecule has 15 heteroatoms. The van der Waals surface area contributed by atoms with Crippen LogP contribution in [-0.4, -0.2) is 47.6 Å². The largest absolute Gasteiger partial charge is 0.505 e. The minimum atomic E-state index is -0.558. The van der Waals surface area contributed by atoms with Crippen LogP contribution in [0.5, 0.6) is 17.4 Å². The van der Waals surface area contributed by atoms with Crippen LogP contribution in [0.1, 0.15) is 32.1 Å². The maximum atomic E-state index is 14.4. The molecule has 6 rings (SSSR count). The van der Waals surface area contributed by atoms with E-state index in [1.807, 2.05) is 13.8 Å². The van der Waals surface area contributed by atoms with E-state index in [-0.39, 0.29) is 45.3 Å². The number of nitrogens with zero attached hydrogens (tertiary/aromatic N) is 4. The Labute approximate surface area is 246 Å². The average molecular weight is 609 g/mol. The Morgan fingerprint density at radius 3 is 1.91 bits per heavy atom. The van der Waals surface area contributed by atoms with Gasteiger partial charge in [0.05, 0.1) is 5.56 Å². The molecule has 0 saturated heterocycles. The SMILES string of the molecule is Cc1cc2c(F)c(O)ccc2[nH]1.Cc1cc2c(F)c(Oc3ncnc(N)c3C=O)ccc2[nH]1.Nc1ncnc(Cl)c1C=O. The molecular formula is C28H23ClF2N8O4. The van der Waals surface area contributed by atoms with Crippen LogP contribution in [0.25, 0.3) is 21.8 Å². The summed E-state index contributed by atoms with van der Waals surface area (Å²) in [6, 6.07) is 9.48. The Morgan fingerprint density at radius 2 is 1.35 bits per heavy atom. The van der Waals surface area contributed by atoms with Crippen molar-refractivity contribution < 1.29 is 28.2 Å². The van der Waals surface area contributed by atoms with E-state index in [1.54, 1.807) is 24.3 Å². The van der Waals surface area contributed by atoms with Crippen molar-refractivity contribution in [2.24, 2.45) is 0 Å². The van der Waals surface area contributed by atoms with E-state index < -0.39 is 11.6 Å². The monoisotopic (exact) mass is 608 g/mol. The second kappa shape index (κ2) is 12.9. The molecule has 0 radical (unpaired) electrons. The van der Waals surface area contributed by atoms with E-state index in [4.69, 9.17) is 32.9 Å². The molecule has 4 aromatic heterocycles. The first kappa shape index (κ1) is 30.3. The van der Waals surface area contributed by atoms with E-state index >= 15 is 0 Å². The number of anilines is 2. The zero-order valence-electron chi connectivity index (χ0n) is 22.5. The molecule has 0 aliphatic rings. The smallest absolute Gasteiger partial charge is 0.235 e. The Balaban J connectivity index is 0.000000163. The van der Waals surface area contributed by atoms with E-state index in [0.29, 0.717) is 34.4 Å². The fourth-order valence-electron chi connectivity index (χ4n) is 3.85. The Bertz CT molecular complexity index is 1940. The second-order valence-corrected chi connectivity index (χ2v) is 9.24. The number of nitrogen functional groups attached to an aromatic ring is 2. The summed E-state index contributed by atoms with van der Waals surface area (Å²) in [5.41, 5.74) is 14.0. The van der Waals surface area contributed by atoms with Crippen molar-refractivity contribution in [3.8, 4) is 17.4 Å². The zero-order chi connectivity index (χ0) is 31.3. The predicted molar refractivity (Wildman–Crippen MR) is 156 cm³/mol. The molecule has 0 spiro atoms. The average Bonchev–Trinajstić information content (AvgIpc) is 3.55. The Morgan fingerprint density at radius 1 is 0.814 bits per heavy atom. The number of ether oxygens (including phenoxy) is 1. The van der Waals surface area contributed by atoms with Gasteiger partial charge in [-0.3, -0.25) is 9.59 Å². The van der Waals surface area contributed by atoms with Crippen molar-refractivity contribution in [3.05, 3.63) is 88.4 Å². The summed E-state index contributed by atoms with van der Waals surface area (Å²) in [5, 5.41) is 9.96. The summed E-state index contributed by atoms with van der Waals surface area (Å²) in [7, 11) is 0. The van der Waals surface area contributed by atoms with Gasteiger partial charge in [-0.05, 0) is 50.2 Å². The Kier molecular flexibility index (Phi) is 9.11. The predicted octanol–water partition coefficient (Wildman–Crippen LogP) is 5.44. The lowest BCUT2D eigenvalue weighted by atomic mass is 10.2. The van der Waals surface area contributed by atoms with Crippen molar-refractivity contribution in [1.82, 2.24) is 29.9 Å². The number of benzene rings is 2. The van der Waals surface area contributed by atoms with Gasteiger partial charge in [-0.2, -0.15) is 0 Å². The van der Waals surface area contributed by atoms with Crippen LogP contribution in [0, 0.1) is 25.5 Å². The number of nitrogens with one attached hydrogen (secondary N) is 2. The third-order valence-corrected chi connectivity index (χ3v) is 6.18. The highest BCUT2D eigenvalue weighted by Crippen LogP contribution is 2.31. The van der Waals surface area contributed by atoms with Crippen molar-refractivity contribution in [3.63, 3.8) is 0 Å². The molecular weight excluding hydrogens is 586 g/mol. The highest BCUT2D eigenvalue weighted by Gasteiger charge is 2.16. The van der Waals surface area contributed by atoms with Crippen molar-refractivity contribution in [1.29, 1.82) is 0 Å². The number of aromatic hydroxyl groups is 1. The van der Waals surface area contributed by atoms with Crippen LogP contribution in [0.4, 0.5) is 20.4 Å². The van der Waals surface area contributed by atoms with Gasteiger partial charge < -0.3 is 31.3 Å². The number of carbonyl (C=O) groups is 2. The first-order valence-electron chi connectivity index (χ1n) is 12.2. The highest BCUT2D eigenvalue weighted by atomic mass is 35.5. The van der Waals surface area contributed by atoms with Gasteiger partial charge in [0.25, 0.3) is 0 Å². The van der Waals surface area contributed by atoms with Crippen LogP contribution in [0.15, 0.2) is 49.1 Å². The van der Waals surface area contributed by atoms with Crippen LogP contribution >= 0.6 is 11.6 Å². The van der Waals surface area contributed by atoms with E-state index in [1.165, 1.54) is 18.5 Å². The Hall–Kier alpha value is -5.63. The van der Waals surface area contributed by atoms with Crippen LogP contribution in [-0.2, 0) is 0 Å². The van der Waals surface area contributed by atoms with Gasteiger partial charge in [0.15, 0.2) is 35.7 Å². The van der Waals surface area contributed by atoms with Crippen LogP contribution in [0.2, 0.25) is 5.15 Å². The van der Waals surface area contributed by atoms with Gasteiger partial charge in [-0.15, -0.1) is 0 Å². The number of rotatable bonds is 4. The number of fused-ring (bicyclic) bond motifs is 2. The molecule has 220 valence electrons. The van der Waals surface area contributed by atoms with E-state index in [2.05, 4.69) is 29.9 Å². The number of aryl methyl sites for hydroxylation is 2. The quantitative estimate of drug-likeness (QED) is 0.127. The molecule has 6 aromatic rings. The maximum Gasteiger partial charge on any atom is 0.235 e. The summed E-state index contributed by atoms with van der Waals surface area (Å²) in [5.74, 6) is -1.43. The zero-order valence-corrected chi connectivity index (χ0v) is 23.3. The van der Waals surface area contributed by atoms with E-state index in [0.717, 1.165) is 17.7 Å². The molecule has 0 amide bonds. The van der Waals surface area contributed by atoms with Gasteiger partial charge in [0.2, 0.25) is 5.88 Å². The van der Waals surface area contributed by atoms with Gasteiger partial charge >= 0.3 is 0 Å². The number of carbonyl (C=O) groups excluding carboxylic acids is 2. The molecule has 0 aliphatic carbocycles. The lowest BCUT2D eigenvalue weighted by Crippen LogP contribution is -2.02. The molecule has 0 saturated carbocycles. The number of H-pyrrole nitrogens is 2. The topological polar surface area (TPSA) is 199 Å². The van der Waals surface area contributed by atoms with Crippen LogP contribution < -0.4 is 16.2 Å². The van der Waals surface area contributed by atoms with Gasteiger partial charge in [-0.25, -0.2) is 28.7 Å². The van der Waals surface area contributed by atoms with Crippen molar-refractivity contribution in [2.75, 3.05) is 11.5 Å². The third-order valence-electron chi connectivity index (χ3n) is 5.88. The number of aromatic nitrogens is 6. The summed E-state index contributed by atoms with van der Waals surface area (Å²) in [6.45, 7) is 3.67. The summed E-state index contributed by atoms with van der Waals surface area (Å²) < 4.78 is 32.9. The lowest BCUT2D eigenvalue weighted by Gasteiger charge is -2.08. The molecule has 2 aromatic carbocycles. The minimum absolute atomic E-state index is 0.0118. The molecule has 0 bridgehead atoms. The first-order chi connectivity index (χ1) is 20.5. The molecule has 0 fully saturated rings. The number of hydrogen-bond donors (Lipinski definition) is 5. The highest BCUT2D eigenvalue weighted by molar-refractivity contribution is 6.32. The molecule has 0 aliphatic heterocycles. The molecule has 43 heavy (non-hydrogen) atoms. The number of aromatic amines is 2. The van der Waals surface area contributed by atoms with E-state index in [9.17, 15) is 18.4 Å². The number of aldehydes is 2. The number of phenols is 1. The first-order valence-corrected chi connectivity index (χ1v) is 12.6. The van der Waals surface area contributed by atoms with Crippen LogP contribution in [0.3, 0.4) is 0 Å². The van der Waals surface area contributed by atoms with Gasteiger partial charge in [0, 0.05) is 33.2 Å². The number of phenolic OH excluding ortho intramolecular Hbond substituents is 1. The minimum Gasteiger partial charge on any atom is -0.505 e. The number of hydrogen-bond acceptors (Lipinski definition) is 10. The molecule has 0 unspecified atom stereocenters. The summed E-state index contributed by atoms with van der Waals surface area (Å²) in [6.07, 6.45) is 3.35. The number of halogens is 3. The molecule has 12 nitrogen and oxygen atoms in total. The van der Waals surface area contributed by atoms with Crippen molar-refractivity contribution in [2.45, 2.75) is 13.8 Å². The number of nitrogens with two attached hydrogens (primary N) is 2. The lowest BCUT2D eigenvalue weighted by molar-refractivity contribution is 0.111. The standard InChI is InChI=1S/C14H11FN4O2.C9H8FNO.C5H4ClN3O/c1-7-4-8-10(19-7)2-3-11(12(8)15)21-14-9(5-20)13(16)17-6-18-14;1-5-4-6-7(11-5)2-3-8(12)9(6)10;6-4-3(1-10)5(7)9-2-8-4/h2-6,19H,1H3,(H2,16,17,18);2-4,11-12H,1H3;1-2H,(H2,7,8,9).